The number of carbonyl (C=O) groups is 3. The van der Waals surface area contributed by atoms with Crippen LogP contribution >= 0.6 is 0 Å². The molecule has 0 spiro atoms. The Balaban J connectivity index is 1.66. The molecular formula is C23H17NO4. The molecule has 5 nitrogen and oxygen atoms in total. The molecule has 4 rings (SSSR count). The largest absolute Gasteiger partial charge is 0.447 e. The summed E-state index contributed by atoms with van der Waals surface area (Å²) in [5.74, 6) is -0.710. The van der Waals surface area contributed by atoms with E-state index in [1.54, 1.807) is 78.9 Å². The van der Waals surface area contributed by atoms with Crippen molar-refractivity contribution >= 4 is 23.3 Å². The van der Waals surface area contributed by atoms with E-state index in [4.69, 9.17) is 4.74 Å². The molecule has 0 saturated carbocycles. The van der Waals surface area contributed by atoms with Crippen LogP contribution in [0.5, 0.6) is 0 Å². The van der Waals surface area contributed by atoms with Gasteiger partial charge in [-0.2, -0.15) is 0 Å². The van der Waals surface area contributed by atoms with Crippen LogP contribution in [0.25, 0.3) is 0 Å². The summed E-state index contributed by atoms with van der Waals surface area (Å²) in [6.07, 6.45) is -0.724. The quantitative estimate of drug-likeness (QED) is 0.696. The second-order valence-corrected chi connectivity index (χ2v) is 6.54. The number of nitrogens with one attached hydrogen (secondary N) is 1. The Hall–Kier alpha value is -3.73. The molecule has 0 radical (unpaired) electrons. The molecule has 5 heteroatoms. The number of hydrogen-bond acceptors (Lipinski definition) is 4. The highest BCUT2D eigenvalue weighted by Crippen LogP contribution is 2.40. The first-order valence-corrected chi connectivity index (χ1v) is 8.86. The lowest BCUT2D eigenvalue weighted by atomic mass is 9.76. The van der Waals surface area contributed by atoms with E-state index < -0.39 is 11.5 Å². The standard InChI is InChI=1S/C23H17NO4/c25-20-18-13-7-8-14-19(18)21(26)23(20,16-9-3-1-4-10-16)15-28-22(27)24-17-11-5-2-6-12-17/h1-14H,15H2,(H,24,27). The smallest absolute Gasteiger partial charge is 0.411 e. The van der Waals surface area contributed by atoms with E-state index >= 15 is 0 Å². The van der Waals surface area contributed by atoms with Crippen LogP contribution in [0, 0.1) is 0 Å². The third-order valence-electron chi connectivity index (χ3n) is 4.90. The molecule has 0 fully saturated rings. The number of ether oxygens (including phenoxy) is 1. The average molecular weight is 371 g/mol. The van der Waals surface area contributed by atoms with Gasteiger partial charge >= 0.3 is 6.09 Å². The highest BCUT2D eigenvalue weighted by atomic mass is 16.5. The van der Waals surface area contributed by atoms with Crippen molar-refractivity contribution in [3.05, 3.63) is 102 Å². The molecule has 0 aromatic heterocycles. The number of ketones is 2. The van der Waals surface area contributed by atoms with Gasteiger partial charge < -0.3 is 4.74 Å². The Kier molecular flexibility index (Phi) is 4.49. The zero-order chi connectivity index (χ0) is 19.6. The third-order valence-corrected chi connectivity index (χ3v) is 4.90. The number of Topliss-reactive ketones (excluding diaryl/α,β-unsaturated/α-hetero) is 2. The van der Waals surface area contributed by atoms with E-state index in [0.717, 1.165) is 0 Å². The molecule has 0 bridgehead atoms. The van der Waals surface area contributed by atoms with E-state index in [0.29, 0.717) is 22.4 Å². The van der Waals surface area contributed by atoms with Gasteiger partial charge in [0.25, 0.3) is 0 Å². The van der Waals surface area contributed by atoms with Crippen LogP contribution in [0.3, 0.4) is 0 Å². The normalized spacial score (nSPS) is 14.4. The minimum absolute atomic E-state index is 0.350. The van der Waals surface area contributed by atoms with Gasteiger partial charge in [-0.25, -0.2) is 4.79 Å². The molecule has 1 amide bonds. The van der Waals surface area contributed by atoms with Gasteiger partial charge in [0.2, 0.25) is 0 Å². The van der Waals surface area contributed by atoms with Crippen LogP contribution in [-0.2, 0) is 10.2 Å². The summed E-state index contributed by atoms with van der Waals surface area (Å²) in [4.78, 5) is 38.8. The summed E-state index contributed by atoms with van der Waals surface area (Å²) >= 11 is 0. The van der Waals surface area contributed by atoms with E-state index in [1.807, 2.05) is 6.07 Å². The van der Waals surface area contributed by atoms with E-state index in [1.165, 1.54) is 0 Å². The van der Waals surface area contributed by atoms with Crippen LogP contribution in [0.1, 0.15) is 26.3 Å². The number of amides is 1. The number of anilines is 1. The number of benzene rings is 3. The molecule has 138 valence electrons. The van der Waals surface area contributed by atoms with Crippen LogP contribution in [0.4, 0.5) is 10.5 Å². The van der Waals surface area contributed by atoms with Crippen LogP contribution in [0.2, 0.25) is 0 Å². The molecule has 0 atom stereocenters. The van der Waals surface area contributed by atoms with E-state index in [-0.39, 0.29) is 18.2 Å². The maximum absolute atomic E-state index is 13.3. The molecular weight excluding hydrogens is 354 g/mol. The minimum atomic E-state index is -1.57. The van der Waals surface area contributed by atoms with Crippen molar-refractivity contribution in [3.8, 4) is 0 Å². The van der Waals surface area contributed by atoms with Crippen molar-refractivity contribution in [2.45, 2.75) is 5.41 Å². The zero-order valence-corrected chi connectivity index (χ0v) is 14.9. The monoisotopic (exact) mass is 371 g/mol. The maximum Gasteiger partial charge on any atom is 0.411 e. The highest BCUT2D eigenvalue weighted by Gasteiger charge is 2.55. The first-order valence-electron chi connectivity index (χ1n) is 8.86. The van der Waals surface area contributed by atoms with Gasteiger partial charge in [0.05, 0.1) is 0 Å². The van der Waals surface area contributed by atoms with Crippen molar-refractivity contribution in [1.82, 2.24) is 0 Å². The second kappa shape index (κ2) is 7.12. The fourth-order valence-corrected chi connectivity index (χ4v) is 3.49. The Morgan fingerprint density at radius 2 is 1.25 bits per heavy atom. The van der Waals surface area contributed by atoms with Gasteiger partial charge in [0, 0.05) is 16.8 Å². The topological polar surface area (TPSA) is 72.5 Å². The number of para-hydroxylation sites is 1. The van der Waals surface area contributed by atoms with Gasteiger partial charge in [-0.05, 0) is 17.7 Å². The Morgan fingerprint density at radius 1 is 0.750 bits per heavy atom. The zero-order valence-electron chi connectivity index (χ0n) is 14.9. The number of rotatable bonds is 4. The molecule has 3 aromatic rings. The fraction of sp³-hybridized carbons (Fsp3) is 0.0870. The summed E-state index contributed by atoms with van der Waals surface area (Å²) in [6, 6.07) is 24.2. The lowest BCUT2D eigenvalue weighted by Crippen LogP contribution is -2.44. The molecule has 0 aliphatic heterocycles. The number of hydrogen-bond donors (Lipinski definition) is 1. The van der Waals surface area contributed by atoms with Crippen LogP contribution in [0.15, 0.2) is 84.9 Å². The van der Waals surface area contributed by atoms with Crippen molar-refractivity contribution in [2.24, 2.45) is 0 Å². The summed E-state index contributed by atoms with van der Waals surface area (Å²) < 4.78 is 5.37. The maximum atomic E-state index is 13.3. The first kappa shape index (κ1) is 17.7. The van der Waals surface area contributed by atoms with Crippen LogP contribution in [-0.4, -0.2) is 24.3 Å². The van der Waals surface area contributed by atoms with Crippen molar-refractivity contribution in [3.63, 3.8) is 0 Å². The second-order valence-electron chi connectivity index (χ2n) is 6.54. The number of carbonyl (C=O) groups excluding carboxylic acids is 3. The van der Waals surface area contributed by atoms with Gasteiger partial charge in [0.15, 0.2) is 17.0 Å². The van der Waals surface area contributed by atoms with Gasteiger partial charge in [-0.3, -0.25) is 14.9 Å². The summed E-state index contributed by atoms with van der Waals surface area (Å²) in [5, 5.41) is 2.60. The van der Waals surface area contributed by atoms with E-state index in [2.05, 4.69) is 5.32 Å². The Morgan fingerprint density at radius 3 is 1.82 bits per heavy atom. The van der Waals surface area contributed by atoms with E-state index in [9.17, 15) is 14.4 Å². The Labute approximate surface area is 162 Å². The predicted molar refractivity (Wildman–Crippen MR) is 105 cm³/mol. The minimum Gasteiger partial charge on any atom is -0.447 e. The van der Waals surface area contributed by atoms with Gasteiger partial charge in [-0.15, -0.1) is 0 Å². The third kappa shape index (κ3) is 2.87. The number of fused-ring (bicyclic) bond motifs is 1. The van der Waals surface area contributed by atoms with Gasteiger partial charge in [-0.1, -0.05) is 72.8 Å². The molecule has 0 unspecified atom stereocenters. The predicted octanol–water partition coefficient (Wildman–Crippen LogP) is 4.25. The molecule has 0 heterocycles. The summed E-state index contributed by atoms with van der Waals surface area (Å²) in [6.45, 7) is -0.373. The first-order chi connectivity index (χ1) is 13.6. The molecule has 3 aromatic carbocycles. The summed E-state index contributed by atoms with van der Waals surface area (Å²) in [5.41, 5.74) is 0.202. The van der Waals surface area contributed by atoms with Gasteiger partial charge in [0.1, 0.15) is 6.61 Å². The van der Waals surface area contributed by atoms with Crippen LogP contribution < -0.4 is 5.32 Å². The van der Waals surface area contributed by atoms with Crippen molar-refractivity contribution < 1.29 is 19.1 Å². The Bertz CT molecular complexity index is 1010. The lowest BCUT2D eigenvalue weighted by Gasteiger charge is -2.26. The lowest BCUT2D eigenvalue weighted by molar-refractivity contribution is 0.0682. The molecule has 1 aliphatic carbocycles. The molecule has 1 N–H and O–H groups in total. The SMILES string of the molecule is O=C(Nc1ccccc1)OCC1(c2ccccc2)C(=O)c2ccccc2C1=O. The van der Waals surface area contributed by atoms with Crippen molar-refractivity contribution in [1.29, 1.82) is 0 Å². The molecule has 1 aliphatic rings. The molecule has 28 heavy (non-hydrogen) atoms. The van der Waals surface area contributed by atoms with Crippen molar-refractivity contribution in [2.75, 3.05) is 11.9 Å². The fourth-order valence-electron chi connectivity index (χ4n) is 3.49. The molecule has 0 saturated heterocycles. The highest BCUT2D eigenvalue weighted by molar-refractivity contribution is 6.33. The average Bonchev–Trinajstić information content (AvgIpc) is 2.96. The summed E-state index contributed by atoms with van der Waals surface area (Å²) in [7, 11) is 0.